The SMILES string of the molecule is N#Cc1ccc(-c2ccc(-n3c4ccccc4c4cc(-c5ccc(-n6c7ccccc7c7ccccc76)cc5)ccc43)cc2)cc1.N#Cc1ccc(-c2cccc(-n3c4ccccc4c4cc(-c5ccc(-n6c7ccccc7c7ccccc76)cc5)ccc43)c2)cc1.[C-]#[N+]c1cccc(-n2c3ccccc3c3cc(-c4ccc(-n5c6ccccc6c6ccccc65)cc4)ccc32)c1. The molecule has 0 saturated carbocycles. The van der Waals surface area contributed by atoms with Crippen LogP contribution in [0.4, 0.5) is 5.69 Å². The fourth-order valence-corrected chi connectivity index (χ4v) is 20.1. The van der Waals surface area contributed by atoms with Crippen molar-refractivity contribution in [3.63, 3.8) is 0 Å². The van der Waals surface area contributed by atoms with Gasteiger partial charge in [0.1, 0.15) is 0 Å². The number of nitriles is 2. The van der Waals surface area contributed by atoms with Gasteiger partial charge in [0.25, 0.3) is 0 Å². The van der Waals surface area contributed by atoms with Crippen molar-refractivity contribution in [1.82, 2.24) is 27.4 Å². The van der Waals surface area contributed by atoms with Crippen molar-refractivity contribution in [2.75, 3.05) is 0 Å². The number of para-hydroxylation sites is 9. The van der Waals surface area contributed by atoms with Gasteiger partial charge < -0.3 is 27.4 Å². The fraction of sp³-hybridized carbons (Fsp3) is 0. The van der Waals surface area contributed by atoms with Crippen LogP contribution in [0.1, 0.15) is 11.1 Å². The molecule has 26 rings (SSSR count). The first-order chi connectivity index (χ1) is 65.3. The number of hydrogen-bond donors (Lipinski definition) is 0. The largest absolute Gasteiger partial charge is 0.311 e. The molecule has 9 nitrogen and oxygen atoms in total. The van der Waals surface area contributed by atoms with E-state index in [0.717, 1.165) is 67.4 Å². The highest BCUT2D eigenvalue weighted by Gasteiger charge is 2.22. The molecule has 0 aliphatic heterocycles. The molecule has 0 aliphatic carbocycles. The van der Waals surface area contributed by atoms with Gasteiger partial charge in [-0.2, -0.15) is 10.5 Å². The van der Waals surface area contributed by atoms with Crippen LogP contribution in [0.15, 0.2) is 467 Å². The summed E-state index contributed by atoms with van der Waals surface area (Å²) in [6, 6.07) is 170. The predicted octanol–water partition coefficient (Wildman–Crippen LogP) is 32.3. The number of fused-ring (bicyclic) bond motifs is 18. The second-order valence-electron chi connectivity index (χ2n) is 33.6. The molecule has 0 aliphatic rings. The second kappa shape index (κ2) is 32.3. The van der Waals surface area contributed by atoms with Crippen molar-refractivity contribution in [3.05, 3.63) is 490 Å². The minimum atomic E-state index is 0.642. The van der Waals surface area contributed by atoms with Crippen LogP contribution in [0.2, 0.25) is 0 Å². The first kappa shape index (κ1) is 77.3. The highest BCUT2D eigenvalue weighted by molar-refractivity contribution is 6.16. The molecule has 0 N–H and O–H groups in total. The summed E-state index contributed by atoms with van der Waals surface area (Å²) in [5.41, 5.74) is 34.5. The Morgan fingerprint density at radius 2 is 0.356 bits per heavy atom. The lowest BCUT2D eigenvalue weighted by atomic mass is 10.0. The molecule has 0 radical (unpaired) electrons. The molecular weight excluding hydrogens is 1600 g/mol. The van der Waals surface area contributed by atoms with E-state index in [-0.39, 0.29) is 0 Å². The van der Waals surface area contributed by atoms with E-state index in [1.54, 1.807) is 0 Å². The lowest BCUT2D eigenvalue weighted by Crippen LogP contribution is -1.94. The quantitative estimate of drug-likeness (QED) is 0.121. The number of benzene rings is 20. The topological polar surface area (TPSA) is 81.5 Å². The maximum atomic E-state index is 9.23. The van der Waals surface area contributed by atoms with Crippen molar-refractivity contribution in [2.45, 2.75) is 0 Å². The molecule has 614 valence electrons. The first-order valence-electron chi connectivity index (χ1n) is 44.4. The van der Waals surface area contributed by atoms with Crippen LogP contribution < -0.4 is 0 Å². The summed E-state index contributed by atoms with van der Waals surface area (Å²) in [4.78, 5) is 3.65. The van der Waals surface area contributed by atoms with Gasteiger partial charge >= 0.3 is 0 Å². The van der Waals surface area contributed by atoms with Gasteiger partial charge in [-0.15, -0.1) is 0 Å². The molecule has 6 heterocycles. The third kappa shape index (κ3) is 13.2. The molecule has 0 bridgehead atoms. The van der Waals surface area contributed by atoms with Gasteiger partial charge in [0.05, 0.1) is 96.0 Å². The Hall–Kier alpha value is -18.3. The molecule has 0 spiro atoms. The Balaban J connectivity index is 0.000000110. The summed E-state index contributed by atoms with van der Waals surface area (Å²) in [5.74, 6) is 0. The maximum absolute atomic E-state index is 9.23. The van der Waals surface area contributed by atoms with Gasteiger partial charge in [-0.05, 0) is 244 Å². The van der Waals surface area contributed by atoms with Gasteiger partial charge in [-0.3, -0.25) is 0 Å². The van der Waals surface area contributed by atoms with E-state index in [0.29, 0.717) is 16.8 Å². The molecular formula is C123H77N9. The van der Waals surface area contributed by atoms with Crippen molar-refractivity contribution in [1.29, 1.82) is 10.5 Å². The third-order valence-corrected chi connectivity index (χ3v) is 26.3. The van der Waals surface area contributed by atoms with Crippen LogP contribution in [-0.4, -0.2) is 27.4 Å². The van der Waals surface area contributed by atoms with E-state index in [1.165, 1.54) is 153 Å². The summed E-state index contributed by atoms with van der Waals surface area (Å²) in [6.07, 6.45) is 0. The lowest BCUT2D eigenvalue weighted by Gasteiger charge is -2.11. The molecule has 0 atom stereocenters. The Labute approximate surface area is 760 Å². The van der Waals surface area contributed by atoms with E-state index < -0.39 is 0 Å². The van der Waals surface area contributed by atoms with Crippen molar-refractivity contribution < 1.29 is 0 Å². The number of hydrogen-bond acceptors (Lipinski definition) is 2. The number of aromatic nitrogens is 6. The summed E-state index contributed by atoms with van der Waals surface area (Å²) in [7, 11) is 0. The van der Waals surface area contributed by atoms with Gasteiger partial charge in [0, 0.05) is 98.8 Å². The molecule has 0 unspecified atom stereocenters. The van der Waals surface area contributed by atoms with E-state index in [1.807, 2.05) is 66.7 Å². The normalized spacial score (nSPS) is 11.5. The zero-order valence-electron chi connectivity index (χ0n) is 71.5. The highest BCUT2D eigenvalue weighted by atomic mass is 15.0. The second-order valence-corrected chi connectivity index (χ2v) is 33.6. The molecule has 0 amide bonds. The minimum Gasteiger partial charge on any atom is -0.311 e. The monoisotopic (exact) mass is 1680 g/mol. The Kier molecular flexibility index (Phi) is 18.9. The fourth-order valence-electron chi connectivity index (χ4n) is 20.1. The van der Waals surface area contributed by atoms with Crippen LogP contribution in [0, 0.1) is 29.2 Å². The molecule has 0 fully saturated rings. The van der Waals surface area contributed by atoms with Crippen LogP contribution >= 0.6 is 0 Å². The van der Waals surface area contributed by atoms with E-state index in [9.17, 15) is 5.26 Å². The summed E-state index contributed by atoms with van der Waals surface area (Å²) in [5, 5.41) is 33.3. The molecule has 9 heteroatoms. The average molecular weight is 1680 g/mol. The Morgan fingerprint density at radius 3 is 0.614 bits per heavy atom. The van der Waals surface area contributed by atoms with Crippen LogP contribution in [-0.2, 0) is 0 Å². The molecule has 6 aromatic heterocycles. The highest BCUT2D eigenvalue weighted by Crippen LogP contribution is 2.44. The predicted molar refractivity (Wildman–Crippen MR) is 548 cm³/mol. The van der Waals surface area contributed by atoms with Crippen molar-refractivity contribution in [3.8, 4) is 102 Å². The molecule has 0 saturated heterocycles. The molecule has 26 aromatic rings. The van der Waals surface area contributed by atoms with Crippen LogP contribution in [0.25, 0.3) is 225 Å². The van der Waals surface area contributed by atoms with Gasteiger partial charge in [0.15, 0.2) is 5.69 Å². The van der Waals surface area contributed by atoms with Crippen LogP contribution in [0.5, 0.6) is 0 Å². The minimum absolute atomic E-state index is 0.642. The zero-order valence-corrected chi connectivity index (χ0v) is 71.5. The lowest BCUT2D eigenvalue weighted by molar-refractivity contribution is 1.18. The molecule has 132 heavy (non-hydrogen) atoms. The third-order valence-electron chi connectivity index (χ3n) is 26.3. The summed E-state index contributed by atoms with van der Waals surface area (Å²) >= 11 is 0. The van der Waals surface area contributed by atoms with Gasteiger partial charge in [-0.25, -0.2) is 4.85 Å². The van der Waals surface area contributed by atoms with Gasteiger partial charge in [-0.1, -0.05) is 279 Å². The van der Waals surface area contributed by atoms with Crippen LogP contribution in [0.3, 0.4) is 0 Å². The van der Waals surface area contributed by atoms with Crippen molar-refractivity contribution in [2.24, 2.45) is 0 Å². The number of rotatable bonds is 11. The summed E-state index contributed by atoms with van der Waals surface area (Å²) in [6.45, 7) is 7.47. The standard InChI is InChI=1S/2C43H27N3.C37H23N3/c44-28-29-16-18-30(19-17-29)32-8-7-9-35(26-32)46-42-15-6-3-12-38(42)39-27-33(22-25-43(39)46)31-20-23-34(24-21-31)45-40-13-4-1-10-36(40)37-11-2-5-14-41(37)45;44-28-29-13-15-30(16-14-29)31-17-22-35(23-18-31)46-42-12-6-3-9-38(42)39-27-33(21-26-43(39)46)32-19-24-34(25-20-32)45-40-10-4-1-7-36(40)37-8-2-5-11-41(37)45;1-38-27-9-8-10-29(24-27)40-36-16-7-4-13-32(36)33-23-26(19-22-37(33)40)25-17-20-28(21-18-25)39-34-14-5-2-11-30(34)31-12-3-6-15-35(31)39/h2*1-27H;2-24H. The first-order valence-corrected chi connectivity index (χ1v) is 44.4. The smallest absolute Gasteiger partial charge is 0.189 e. The van der Waals surface area contributed by atoms with E-state index >= 15 is 0 Å². The van der Waals surface area contributed by atoms with Gasteiger partial charge in [0.2, 0.25) is 0 Å². The Morgan fingerprint density at radius 1 is 0.159 bits per heavy atom. The average Bonchev–Trinajstić information content (AvgIpc) is 1.57. The maximum Gasteiger partial charge on any atom is 0.189 e. The number of nitrogens with zero attached hydrogens (tertiary/aromatic N) is 9. The Bertz CT molecular complexity index is 9050. The van der Waals surface area contributed by atoms with Crippen molar-refractivity contribution >= 4 is 137 Å². The zero-order chi connectivity index (χ0) is 87.9. The summed E-state index contributed by atoms with van der Waals surface area (Å²) < 4.78 is 14.0. The van der Waals surface area contributed by atoms with E-state index in [4.69, 9.17) is 11.8 Å². The van der Waals surface area contributed by atoms with E-state index in [2.05, 4.69) is 445 Å². The molecule has 20 aromatic carbocycles.